The average molecular weight is 372 g/mol. The summed E-state index contributed by atoms with van der Waals surface area (Å²) in [5.74, 6) is -0.622. The van der Waals surface area contributed by atoms with Crippen molar-refractivity contribution in [1.29, 1.82) is 0 Å². The quantitative estimate of drug-likeness (QED) is 0.494. The third kappa shape index (κ3) is 2.51. The Morgan fingerprint density at radius 2 is 1.91 bits per heavy atom. The Bertz CT molecular complexity index is 804. The number of aromatic nitrogens is 2. The third-order valence-corrected chi connectivity index (χ3v) is 4.86. The third-order valence-electron chi connectivity index (χ3n) is 3.18. The van der Waals surface area contributed by atoms with Crippen LogP contribution in [-0.2, 0) is 6.18 Å². The Hall–Kier alpha value is -1.85. The van der Waals surface area contributed by atoms with Gasteiger partial charge in [-0.05, 0) is 0 Å². The average Bonchev–Trinajstić information content (AvgIpc) is 3.05. The maximum atomic E-state index is 14.0. The van der Waals surface area contributed by atoms with Crippen molar-refractivity contribution in [2.24, 2.45) is 0 Å². The van der Waals surface area contributed by atoms with Crippen molar-refractivity contribution in [2.45, 2.75) is 13.1 Å². The van der Waals surface area contributed by atoms with Gasteiger partial charge in [0.1, 0.15) is 0 Å². The SMILES string of the molecule is Cc1c(C(F)(F)F)nn(-c2ccccc2F)c1-c1cc[c][se]1. The van der Waals surface area contributed by atoms with Crippen molar-refractivity contribution >= 4 is 14.5 Å². The second kappa shape index (κ2) is 5.41. The van der Waals surface area contributed by atoms with E-state index in [2.05, 4.69) is 10.0 Å². The first kappa shape index (κ1) is 15.1. The Kier molecular flexibility index (Phi) is 3.70. The molecule has 0 unspecified atom stereocenters. The fraction of sp³-hybridized carbons (Fsp3) is 0.133. The van der Waals surface area contributed by atoms with Crippen LogP contribution < -0.4 is 0 Å². The molecule has 1 radical (unpaired) electrons. The standard InChI is InChI=1S/C15H9F4N2Se/c1-9-13(12-7-4-8-22-12)21(20-14(9)15(17,18)19)11-6-3-2-5-10(11)16/h2-7H,1H3. The van der Waals surface area contributed by atoms with Gasteiger partial charge in [0.05, 0.1) is 0 Å². The molecule has 113 valence electrons. The van der Waals surface area contributed by atoms with E-state index in [1.54, 1.807) is 18.2 Å². The first-order chi connectivity index (χ1) is 10.4. The molecule has 2 heterocycles. The van der Waals surface area contributed by atoms with Crippen molar-refractivity contribution in [3.05, 3.63) is 58.4 Å². The van der Waals surface area contributed by atoms with Crippen LogP contribution in [0, 0.1) is 17.7 Å². The van der Waals surface area contributed by atoms with Gasteiger partial charge in [0.25, 0.3) is 0 Å². The summed E-state index contributed by atoms with van der Waals surface area (Å²) in [6.07, 6.45) is -4.58. The monoisotopic (exact) mass is 373 g/mol. The molecule has 0 amide bonds. The number of nitrogens with zero attached hydrogens (tertiary/aromatic N) is 2. The van der Waals surface area contributed by atoms with Gasteiger partial charge in [0.2, 0.25) is 0 Å². The zero-order chi connectivity index (χ0) is 15.9. The van der Waals surface area contributed by atoms with Crippen LogP contribution in [0.2, 0.25) is 0 Å². The second-order valence-corrected chi connectivity index (χ2v) is 6.45. The molecule has 1 aromatic carbocycles. The van der Waals surface area contributed by atoms with Crippen LogP contribution in [0.1, 0.15) is 11.3 Å². The molecule has 3 aromatic rings. The van der Waals surface area contributed by atoms with Crippen molar-refractivity contribution in [2.75, 3.05) is 0 Å². The van der Waals surface area contributed by atoms with Crippen LogP contribution in [-0.4, -0.2) is 24.3 Å². The molecule has 0 saturated carbocycles. The van der Waals surface area contributed by atoms with Gasteiger partial charge in [-0.25, -0.2) is 0 Å². The molecule has 0 aliphatic carbocycles. The van der Waals surface area contributed by atoms with E-state index in [0.717, 1.165) is 4.68 Å². The summed E-state index contributed by atoms with van der Waals surface area (Å²) >= 11 is -0.212. The molecule has 2 aromatic heterocycles. The van der Waals surface area contributed by atoms with Crippen molar-refractivity contribution in [3.8, 4) is 15.8 Å². The van der Waals surface area contributed by atoms with Gasteiger partial charge in [0.15, 0.2) is 0 Å². The van der Waals surface area contributed by atoms with E-state index in [-0.39, 0.29) is 25.8 Å². The number of hydrogen-bond acceptors (Lipinski definition) is 1. The van der Waals surface area contributed by atoms with E-state index in [1.165, 1.54) is 25.1 Å². The van der Waals surface area contributed by atoms with Crippen molar-refractivity contribution < 1.29 is 17.6 Å². The van der Waals surface area contributed by atoms with Crippen LogP contribution in [0.15, 0.2) is 36.4 Å². The summed E-state index contributed by atoms with van der Waals surface area (Å²) < 4.78 is 55.1. The zero-order valence-corrected chi connectivity index (χ0v) is 13.0. The second-order valence-electron chi connectivity index (χ2n) is 4.60. The van der Waals surface area contributed by atoms with Gasteiger partial charge in [-0.2, -0.15) is 0 Å². The van der Waals surface area contributed by atoms with Gasteiger partial charge < -0.3 is 0 Å². The molecular weight excluding hydrogens is 363 g/mol. The van der Waals surface area contributed by atoms with E-state index in [1.807, 2.05) is 0 Å². The van der Waals surface area contributed by atoms with Gasteiger partial charge in [-0.3, -0.25) is 0 Å². The molecule has 0 fully saturated rings. The van der Waals surface area contributed by atoms with Crippen LogP contribution >= 0.6 is 0 Å². The van der Waals surface area contributed by atoms with Crippen molar-refractivity contribution in [1.82, 2.24) is 9.78 Å². The topological polar surface area (TPSA) is 17.8 Å². The number of benzene rings is 1. The van der Waals surface area contributed by atoms with E-state index in [0.29, 0.717) is 10.1 Å². The number of para-hydroxylation sites is 1. The van der Waals surface area contributed by atoms with Gasteiger partial charge in [-0.15, -0.1) is 0 Å². The van der Waals surface area contributed by atoms with E-state index in [4.69, 9.17) is 0 Å². The summed E-state index contributed by atoms with van der Waals surface area (Å²) in [5, 5.41) is 3.64. The van der Waals surface area contributed by atoms with Crippen LogP contribution in [0.4, 0.5) is 17.6 Å². The summed E-state index contributed by atoms with van der Waals surface area (Å²) in [5.41, 5.74) is -0.700. The molecule has 3 rings (SSSR count). The van der Waals surface area contributed by atoms with Gasteiger partial charge in [-0.1, -0.05) is 0 Å². The summed E-state index contributed by atoms with van der Waals surface area (Å²) in [6.45, 7) is 1.36. The molecule has 0 spiro atoms. The first-order valence-electron chi connectivity index (χ1n) is 6.27. The molecule has 0 aliphatic rings. The van der Waals surface area contributed by atoms with Crippen LogP contribution in [0.25, 0.3) is 15.8 Å². The Balaban J connectivity index is 2.32. The van der Waals surface area contributed by atoms with E-state index < -0.39 is 17.7 Å². The number of rotatable bonds is 2. The minimum absolute atomic E-state index is 0.000278. The fourth-order valence-electron chi connectivity index (χ4n) is 2.22. The normalized spacial score (nSPS) is 11.9. The Morgan fingerprint density at radius 3 is 2.50 bits per heavy atom. The maximum absolute atomic E-state index is 14.0. The molecule has 0 saturated heterocycles. The fourth-order valence-corrected chi connectivity index (χ4v) is 3.76. The molecule has 0 atom stereocenters. The Morgan fingerprint density at radius 1 is 1.18 bits per heavy atom. The molecule has 0 N–H and O–H groups in total. The zero-order valence-electron chi connectivity index (χ0n) is 11.3. The molecular formula is C15H9F4N2Se. The van der Waals surface area contributed by atoms with Gasteiger partial charge >= 0.3 is 129 Å². The predicted molar refractivity (Wildman–Crippen MR) is 74.5 cm³/mol. The Labute approximate surface area is 129 Å². The molecule has 2 nitrogen and oxygen atoms in total. The summed E-state index contributed by atoms with van der Waals surface area (Å²) in [7, 11) is 0. The van der Waals surface area contributed by atoms with Crippen LogP contribution in [0.3, 0.4) is 0 Å². The number of alkyl halides is 3. The molecule has 0 aliphatic heterocycles. The van der Waals surface area contributed by atoms with Crippen molar-refractivity contribution in [3.63, 3.8) is 0 Å². The van der Waals surface area contributed by atoms with Gasteiger partial charge in [0, 0.05) is 0 Å². The summed E-state index contributed by atoms with van der Waals surface area (Å²) in [4.78, 5) is 2.97. The number of hydrogen-bond donors (Lipinski definition) is 0. The minimum atomic E-state index is -4.58. The predicted octanol–water partition coefficient (Wildman–Crippen LogP) is 3.86. The molecule has 0 bridgehead atoms. The summed E-state index contributed by atoms with van der Waals surface area (Å²) in [6, 6.07) is 9.01. The molecule has 7 heteroatoms. The number of halogens is 4. The molecule has 22 heavy (non-hydrogen) atoms. The van der Waals surface area contributed by atoms with E-state index >= 15 is 0 Å². The van der Waals surface area contributed by atoms with E-state index in [9.17, 15) is 17.6 Å². The first-order valence-corrected chi connectivity index (χ1v) is 7.99. The van der Waals surface area contributed by atoms with Crippen LogP contribution in [0.5, 0.6) is 0 Å².